The summed E-state index contributed by atoms with van der Waals surface area (Å²) in [5, 5.41) is 0. The molecule has 0 aliphatic heterocycles. The first kappa shape index (κ1) is 12.0. The van der Waals surface area contributed by atoms with Gasteiger partial charge in [0.05, 0.1) is 13.2 Å². The number of esters is 1. The molecule has 0 fully saturated rings. The molecular weight excluding hydrogens is 286 g/mol. The number of furan rings is 1. The molecule has 0 aliphatic carbocycles. The van der Waals surface area contributed by atoms with E-state index in [0.29, 0.717) is 23.5 Å². The average molecular weight is 298 g/mol. The zero-order valence-corrected chi connectivity index (χ0v) is 10.9. The minimum atomic E-state index is -0.317. The van der Waals surface area contributed by atoms with Crippen LogP contribution in [-0.4, -0.2) is 17.1 Å². The lowest BCUT2D eigenvalue weighted by molar-refractivity contribution is 0.0514. The Balaban J connectivity index is 2.16. The highest BCUT2D eigenvalue weighted by atomic mass is 79.9. The molecule has 17 heavy (non-hydrogen) atoms. The van der Waals surface area contributed by atoms with Crippen LogP contribution in [0.3, 0.4) is 0 Å². The summed E-state index contributed by atoms with van der Waals surface area (Å²) in [5.74, 6) is 0.460. The number of hydrogen-bond acceptors (Lipinski definition) is 3. The Hall–Kier alpha value is -1.49. The third kappa shape index (κ3) is 2.79. The van der Waals surface area contributed by atoms with Gasteiger partial charge >= 0.3 is 5.97 Å². The first-order chi connectivity index (χ1) is 8.20. The second-order valence-electron chi connectivity index (χ2n) is 3.45. The van der Waals surface area contributed by atoms with Gasteiger partial charge in [0.2, 0.25) is 0 Å². The van der Waals surface area contributed by atoms with Crippen LogP contribution in [0.2, 0.25) is 0 Å². The van der Waals surface area contributed by atoms with E-state index in [2.05, 4.69) is 15.9 Å². The fourth-order valence-electron chi connectivity index (χ4n) is 1.55. The predicted molar refractivity (Wildman–Crippen MR) is 65.9 cm³/mol. The highest BCUT2D eigenvalue weighted by Gasteiger charge is 2.12. The standard InChI is InChI=1S/C12H12BrNO3/c1-2-16-12(15)10-4-3-7-14(10)8-9-5-6-11(13)17-9/h3-7H,2,8H2,1H3. The molecule has 2 aromatic heterocycles. The minimum Gasteiger partial charge on any atom is -0.461 e. The van der Waals surface area contributed by atoms with Crippen molar-refractivity contribution in [3.05, 3.63) is 46.6 Å². The molecular formula is C12H12BrNO3. The topological polar surface area (TPSA) is 44.4 Å². The number of nitrogens with zero attached hydrogens (tertiary/aromatic N) is 1. The molecule has 0 spiro atoms. The molecule has 0 amide bonds. The number of halogens is 1. The van der Waals surface area contributed by atoms with Crippen LogP contribution in [0.5, 0.6) is 0 Å². The average Bonchev–Trinajstić information content (AvgIpc) is 2.89. The molecule has 4 nitrogen and oxygen atoms in total. The third-order valence-electron chi connectivity index (χ3n) is 2.27. The first-order valence-corrected chi connectivity index (χ1v) is 6.06. The van der Waals surface area contributed by atoms with Crippen LogP contribution in [0.4, 0.5) is 0 Å². The molecule has 90 valence electrons. The predicted octanol–water partition coefficient (Wildman–Crippen LogP) is 3.07. The zero-order chi connectivity index (χ0) is 12.3. The summed E-state index contributed by atoms with van der Waals surface area (Å²) < 4.78 is 12.8. The SMILES string of the molecule is CCOC(=O)c1cccn1Cc1ccc(Br)o1. The zero-order valence-electron chi connectivity index (χ0n) is 9.35. The van der Waals surface area contributed by atoms with Gasteiger partial charge in [-0.1, -0.05) is 0 Å². The van der Waals surface area contributed by atoms with Crippen molar-refractivity contribution in [2.24, 2.45) is 0 Å². The Bertz CT molecular complexity index is 515. The van der Waals surface area contributed by atoms with Gasteiger partial charge in [-0.2, -0.15) is 0 Å². The molecule has 0 radical (unpaired) electrons. The second kappa shape index (κ2) is 5.23. The van der Waals surface area contributed by atoms with Crippen molar-refractivity contribution in [2.75, 3.05) is 6.61 Å². The lowest BCUT2D eigenvalue weighted by Crippen LogP contribution is -2.12. The van der Waals surface area contributed by atoms with Crippen molar-refractivity contribution in [2.45, 2.75) is 13.5 Å². The van der Waals surface area contributed by atoms with Gasteiger partial charge in [0, 0.05) is 6.20 Å². The van der Waals surface area contributed by atoms with Gasteiger partial charge in [0.15, 0.2) is 4.67 Å². The molecule has 0 unspecified atom stereocenters. The highest BCUT2D eigenvalue weighted by molar-refractivity contribution is 9.10. The number of aromatic nitrogens is 1. The Labute approximate surface area is 107 Å². The molecule has 2 heterocycles. The normalized spacial score (nSPS) is 10.5. The molecule has 0 aromatic carbocycles. The van der Waals surface area contributed by atoms with Crippen molar-refractivity contribution < 1.29 is 13.9 Å². The van der Waals surface area contributed by atoms with Crippen molar-refractivity contribution in [3.63, 3.8) is 0 Å². The highest BCUT2D eigenvalue weighted by Crippen LogP contribution is 2.16. The van der Waals surface area contributed by atoms with Crippen molar-refractivity contribution in [3.8, 4) is 0 Å². The molecule has 0 atom stereocenters. The van der Waals surface area contributed by atoms with Crippen molar-refractivity contribution in [1.29, 1.82) is 0 Å². The van der Waals surface area contributed by atoms with Gasteiger partial charge in [0.1, 0.15) is 11.5 Å². The van der Waals surface area contributed by atoms with Gasteiger partial charge in [0.25, 0.3) is 0 Å². The lowest BCUT2D eigenvalue weighted by atomic mass is 10.4. The van der Waals surface area contributed by atoms with Crippen LogP contribution in [-0.2, 0) is 11.3 Å². The molecule has 0 bridgehead atoms. The van der Waals surface area contributed by atoms with Gasteiger partial charge in [-0.25, -0.2) is 4.79 Å². The number of carbonyl (C=O) groups is 1. The number of ether oxygens (including phenoxy) is 1. The van der Waals surface area contributed by atoms with E-state index in [9.17, 15) is 4.79 Å². The maximum Gasteiger partial charge on any atom is 0.354 e. The van der Waals surface area contributed by atoms with E-state index in [4.69, 9.17) is 9.15 Å². The second-order valence-corrected chi connectivity index (χ2v) is 4.23. The third-order valence-corrected chi connectivity index (χ3v) is 2.70. The van der Waals surface area contributed by atoms with Gasteiger partial charge in [-0.05, 0) is 47.1 Å². The monoisotopic (exact) mass is 297 g/mol. The van der Waals surface area contributed by atoms with Crippen LogP contribution in [0, 0.1) is 0 Å². The fourth-order valence-corrected chi connectivity index (χ4v) is 1.89. The Kier molecular flexibility index (Phi) is 3.68. The van der Waals surface area contributed by atoms with E-state index in [1.165, 1.54) is 0 Å². The fraction of sp³-hybridized carbons (Fsp3) is 0.250. The molecule has 5 heteroatoms. The summed E-state index contributed by atoms with van der Waals surface area (Å²) in [6.45, 7) is 2.66. The molecule has 0 N–H and O–H groups in total. The van der Waals surface area contributed by atoms with E-state index >= 15 is 0 Å². The summed E-state index contributed by atoms with van der Waals surface area (Å²) in [6.07, 6.45) is 1.82. The summed E-state index contributed by atoms with van der Waals surface area (Å²) >= 11 is 3.24. The number of rotatable bonds is 4. The Morgan fingerprint density at radius 3 is 2.94 bits per heavy atom. The van der Waals surface area contributed by atoms with E-state index < -0.39 is 0 Å². The molecule has 2 rings (SSSR count). The molecule has 0 saturated carbocycles. The first-order valence-electron chi connectivity index (χ1n) is 5.27. The van der Waals surface area contributed by atoms with Gasteiger partial charge in [-0.3, -0.25) is 0 Å². The number of carbonyl (C=O) groups excluding carboxylic acids is 1. The van der Waals surface area contributed by atoms with Crippen molar-refractivity contribution >= 4 is 21.9 Å². The van der Waals surface area contributed by atoms with E-state index in [0.717, 1.165) is 5.76 Å². The van der Waals surface area contributed by atoms with Gasteiger partial charge in [-0.15, -0.1) is 0 Å². The summed E-state index contributed by atoms with van der Waals surface area (Å²) in [7, 11) is 0. The smallest absolute Gasteiger partial charge is 0.354 e. The van der Waals surface area contributed by atoms with Gasteiger partial charge < -0.3 is 13.7 Å². The van der Waals surface area contributed by atoms with E-state index in [1.54, 1.807) is 17.6 Å². The Morgan fingerprint density at radius 2 is 2.29 bits per heavy atom. The Morgan fingerprint density at radius 1 is 1.47 bits per heavy atom. The largest absolute Gasteiger partial charge is 0.461 e. The van der Waals surface area contributed by atoms with E-state index in [1.807, 2.05) is 24.4 Å². The van der Waals surface area contributed by atoms with E-state index in [-0.39, 0.29) is 5.97 Å². The minimum absolute atomic E-state index is 0.317. The van der Waals surface area contributed by atoms with Crippen LogP contribution in [0.25, 0.3) is 0 Å². The van der Waals surface area contributed by atoms with Crippen LogP contribution in [0.1, 0.15) is 23.2 Å². The summed E-state index contributed by atoms with van der Waals surface area (Å²) in [5.41, 5.74) is 0.527. The molecule has 0 saturated heterocycles. The number of hydrogen-bond donors (Lipinski definition) is 0. The molecule has 0 aliphatic rings. The van der Waals surface area contributed by atoms with Crippen LogP contribution < -0.4 is 0 Å². The maximum atomic E-state index is 11.6. The van der Waals surface area contributed by atoms with Crippen molar-refractivity contribution in [1.82, 2.24) is 4.57 Å². The van der Waals surface area contributed by atoms with Crippen LogP contribution >= 0.6 is 15.9 Å². The summed E-state index contributed by atoms with van der Waals surface area (Å²) in [4.78, 5) is 11.6. The summed E-state index contributed by atoms with van der Waals surface area (Å²) in [6, 6.07) is 7.22. The molecule has 2 aromatic rings. The quantitative estimate of drug-likeness (QED) is 0.815. The van der Waals surface area contributed by atoms with Crippen LogP contribution in [0.15, 0.2) is 39.5 Å². The maximum absolute atomic E-state index is 11.6. The lowest BCUT2D eigenvalue weighted by Gasteiger charge is -2.06.